The van der Waals surface area contributed by atoms with Crippen LogP contribution in [-0.4, -0.2) is 47.0 Å². The van der Waals surface area contributed by atoms with E-state index in [1.165, 1.54) is 24.3 Å². The Labute approximate surface area is 228 Å². The molecule has 1 saturated heterocycles. The van der Waals surface area contributed by atoms with Crippen LogP contribution >= 0.6 is 0 Å². The van der Waals surface area contributed by atoms with Crippen LogP contribution in [0.3, 0.4) is 0 Å². The Bertz CT molecular complexity index is 1330. The van der Waals surface area contributed by atoms with Gasteiger partial charge in [-0.25, -0.2) is 4.98 Å². The summed E-state index contributed by atoms with van der Waals surface area (Å²) in [4.78, 5) is 17.4. The van der Waals surface area contributed by atoms with Gasteiger partial charge in [-0.15, -0.1) is 13.2 Å². The smallest absolute Gasteiger partial charge is 0.424 e. The number of fused-ring (bicyclic) bond motifs is 2. The number of nitro benzene ring substituents is 1. The lowest BCUT2D eigenvalue weighted by atomic mass is 9.89. The number of non-ortho nitro benzene ring substituents is 1. The summed E-state index contributed by atoms with van der Waals surface area (Å²) in [6, 6.07) is 13.7. The molecule has 0 radical (unpaired) electrons. The highest BCUT2D eigenvalue weighted by Crippen LogP contribution is 2.41. The van der Waals surface area contributed by atoms with E-state index in [0.717, 1.165) is 50.8 Å². The zero-order chi connectivity index (χ0) is 27.9. The minimum Gasteiger partial charge on any atom is -0.424 e. The second-order valence-corrected chi connectivity index (χ2v) is 10.8. The van der Waals surface area contributed by atoms with Crippen molar-refractivity contribution in [3.8, 4) is 17.1 Å². The summed E-state index contributed by atoms with van der Waals surface area (Å²) in [5.74, 6) is 0.751. The van der Waals surface area contributed by atoms with Crippen molar-refractivity contribution < 1.29 is 27.2 Å². The van der Waals surface area contributed by atoms with Gasteiger partial charge in [0.15, 0.2) is 5.76 Å². The average molecular weight is 558 g/mol. The molecule has 2 heterocycles. The molecule has 3 fully saturated rings. The molecular formula is C28H30F3N5O4. The number of benzene rings is 2. The first-order chi connectivity index (χ1) is 19.2. The molecule has 212 valence electrons. The predicted octanol–water partition coefficient (Wildman–Crippen LogP) is 6.13. The second kappa shape index (κ2) is 10.6. The fourth-order valence-corrected chi connectivity index (χ4v) is 6.50. The Hall–Kier alpha value is -3.80. The van der Waals surface area contributed by atoms with Gasteiger partial charge in [0.1, 0.15) is 5.75 Å². The molecule has 0 unspecified atom stereocenters. The third kappa shape index (κ3) is 5.72. The van der Waals surface area contributed by atoms with E-state index in [-0.39, 0.29) is 28.4 Å². The van der Waals surface area contributed by atoms with Crippen LogP contribution in [0, 0.1) is 16.0 Å². The maximum atomic E-state index is 12.4. The third-order valence-electron chi connectivity index (χ3n) is 8.26. The summed E-state index contributed by atoms with van der Waals surface area (Å²) >= 11 is 0. The zero-order valence-corrected chi connectivity index (χ0v) is 21.6. The van der Waals surface area contributed by atoms with Crippen LogP contribution in [0.25, 0.3) is 11.3 Å². The highest BCUT2D eigenvalue weighted by Gasteiger charge is 2.46. The number of hydrogen-bond donors (Lipinski definition) is 2. The molecule has 2 saturated carbocycles. The van der Waals surface area contributed by atoms with Crippen LogP contribution in [0.15, 0.2) is 59.1 Å². The molecule has 1 aliphatic heterocycles. The molecule has 40 heavy (non-hydrogen) atoms. The Morgan fingerprint density at radius 1 is 1.00 bits per heavy atom. The zero-order valence-electron chi connectivity index (χ0n) is 21.6. The van der Waals surface area contributed by atoms with Gasteiger partial charge in [-0.05, 0) is 68.0 Å². The number of rotatable bonds is 8. The molecule has 2 aliphatic carbocycles. The Balaban J connectivity index is 1.09. The van der Waals surface area contributed by atoms with Gasteiger partial charge < -0.3 is 24.7 Å². The number of nitro groups is 1. The number of ether oxygens (including phenoxy) is 1. The van der Waals surface area contributed by atoms with E-state index in [2.05, 4.69) is 25.3 Å². The summed E-state index contributed by atoms with van der Waals surface area (Å²) < 4.78 is 47.2. The maximum absolute atomic E-state index is 12.4. The second-order valence-electron chi connectivity index (χ2n) is 10.8. The maximum Gasteiger partial charge on any atom is 0.573 e. The quantitative estimate of drug-likeness (QED) is 0.252. The van der Waals surface area contributed by atoms with Crippen LogP contribution in [0.5, 0.6) is 5.75 Å². The van der Waals surface area contributed by atoms with Crippen molar-refractivity contribution in [3.63, 3.8) is 0 Å². The number of piperidine rings is 1. The Morgan fingerprint density at radius 3 is 2.40 bits per heavy atom. The molecule has 9 nitrogen and oxygen atoms in total. The van der Waals surface area contributed by atoms with Crippen molar-refractivity contribution >= 4 is 17.4 Å². The van der Waals surface area contributed by atoms with Gasteiger partial charge in [0.25, 0.3) is 11.7 Å². The SMILES string of the molecule is O=[N+]([O-])c1ccc(N2C[C@@H]3C[C@H](N[C@@H]4CCCC[C@H]4Nc4ncc(-c5ccc(OC(F)(F)F)cc5)o4)[C@H]2C3)cc1. The molecular weight excluding hydrogens is 527 g/mol. The van der Waals surface area contributed by atoms with E-state index in [0.29, 0.717) is 35.3 Å². The van der Waals surface area contributed by atoms with Crippen molar-refractivity contribution in [3.05, 3.63) is 64.8 Å². The largest absolute Gasteiger partial charge is 0.573 e. The first-order valence-electron chi connectivity index (χ1n) is 13.6. The van der Waals surface area contributed by atoms with Crippen molar-refractivity contribution in [2.24, 2.45) is 5.92 Å². The van der Waals surface area contributed by atoms with E-state index >= 15 is 0 Å². The van der Waals surface area contributed by atoms with Crippen molar-refractivity contribution in [1.29, 1.82) is 0 Å². The van der Waals surface area contributed by atoms with Crippen LogP contribution in [-0.2, 0) is 0 Å². The topological polar surface area (TPSA) is 106 Å². The van der Waals surface area contributed by atoms with E-state index in [4.69, 9.17) is 4.42 Å². The normalized spacial score (nSPS) is 26.2. The number of hydrogen-bond acceptors (Lipinski definition) is 8. The van der Waals surface area contributed by atoms with Gasteiger partial charge in [0.05, 0.1) is 11.1 Å². The molecule has 0 amide bonds. The third-order valence-corrected chi connectivity index (χ3v) is 8.26. The fraction of sp³-hybridized carbons (Fsp3) is 0.464. The number of alkyl halides is 3. The summed E-state index contributed by atoms with van der Waals surface area (Å²) in [6.45, 7) is 0.968. The van der Waals surface area contributed by atoms with Crippen molar-refractivity contribution in [1.82, 2.24) is 10.3 Å². The van der Waals surface area contributed by atoms with E-state index < -0.39 is 6.36 Å². The number of anilines is 2. The first-order valence-corrected chi connectivity index (χ1v) is 13.6. The molecule has 2 aromatic carbocycles. The molecule has 3 aliphatic rings. The number of halogens is 3. The van der Waals surface area contributed by atoms with Crippen LogP contribution in [0.2, 0.25) is 0 Å². The Kier molecular flexibility index (Phi) is 7.03. The number of aromatic nitrogens is 1. The van der Waals surface area contributed by atoms with Crippen LogP contribution in [0.1, 0.15) is 38.5 Å². The standard InChI is InChI=1S/C28H30F3N5O4/c29-28(30,31)40-21-11-5-18(6-12-21)26-15-32-27(39-26)34-23-4-2-1-3-22(23)33-24-13-17-14-25(24)35(16-17)19-7-9-20(10-8-19)36(37)38/h5-12,15,17,22-25,33H,1-4,13-14,16H2,(H,32,34)/t17-,22-,23-,24+,25-/m1/s1. The van der Waals surface area contributed by atoms with E-state index in [9.17, 15) is 23.3 Å². The minimum absolute atomic E-state index is 0.0982. The lowest BCUT2D eigenvalue weighted by molar-refractivity contribution is -0.384. The van der Waals surface area contributed by atoms with E-state index in [1.807, 2.05) is 12.1 Å². The van der Waals surface area contributed by atoms with Gasteiger partial charge in [0.2, 0.25) is 0 Å². The van der Waals surface area contributed by atoms with Gasteiger partial charge >= 0.3 is 6.36 Å². The predicted molar refractivity (Wildman–Crippen MR) is 142 cm³/mol. The summed E-state index contributed by atoms with van der Waals surface area (Å²) in [6.07, 6.45) is 3.25. The monoisotopic (exact) mass is 557 g/mol. The lowest BCUT2D eigenvalue weighted by Crippen LogP contribution is -2.56. The number of oxazole rings is 1. The molecule has 2 bridgehead atoms. The summed E-state index contributed by atoms with van der Waals surface area (Å²) in [5, 5.41) is 18.4. The lowest BCUT2D eigenvalue weighted by Gasteiger charge is -2.40. The Morgan fingerprint density at radius 2 is 1.73 bits per heavy atom. The van der Waals surface area contributed by atoms with E-state index in [1.54, 1.807) is 18.3 Å². The molecule has 12 heteroatoms. The minimum atomic E-state index is -4.74. The van der Waals surface area contributed by atoms with Gasteiger partial charge in [-0.2, -0.15) is 0 Å². The van der Waals surface area contributed by atoms with Crippen molar-refractivity contribution in [2.75, 3.05) is 16.8 Å². The van der Waals surface area contributed by atoms with Gasteiger partial charge in [0, 0.05) is 54.1 Å². The molecule has 0 spiro atoms. The van der Waals surface area contributed by atoms with Crippen LogP contribution in [0.4, 0.5) is 30.6 Å². The highest BCUT2D eigenvalue weighted by molar-refractivity contribution is 5.58. The molecule has 5 atom stereocenters. The van der Waals surface area contributed by atoms with Gasteiger partial charge in [-0.1, -0.05) is 12.8 Å². The number of nitrogens with one attached hydrogen (secondary N) is 2. The van der Waals surface area contributed by atoms with Crippen LogP contribution < -0.4 is 20.3 Å². The van der Waals surface area contributed by atoms with Crippen molar-refractivity contribution in [2.45, 2.75) is 69.1 Å². The summed E-state index contributed by atoms with van der Waals surface area (Å²) in [5.41, 5.74) is 1.72. The summed E-state index contributed by atoms with van der Waals surface area (Å²) in [7, 11) is 0. The molecule has 1 aromatic heterocycles. The first kappa shape index (κ1) is 26.4. The molecule has 3 aromatic rings. The highest BCUT2D eigenvalue weighted by atomic mass is 19.4. The van der Waals surface area contributed by atoms with Gasteiger partial charge in [-0.3, -0.25) is 10.1 Å². The number of nitrogens with zero attached hydrogens (tertiary/aromatic N) is 3. The molecule has 6 rings (SSSR count). The fourth-order valence-electron chi connectivity index (χ4n) is 6.50. The average Bonchev–Trinajstić information content (AvgIpc) is 3.66. The molecule has 2 N–H and O–H groups in total.